The molecule has 0 aromatic rings. The molecule has 1 spiro atoms. The highest BCUT2D eigenvalue weighted by atomic mass is 16.6. The number of allylic oxidation sites excluding steroid dienone is 1. The zero-order valence-electron chi connectivity index (χ0n) is 12.9. The minimum Gasteiger partial charge on any atom is -0.462 e. The van der Waals surface area contributed by atoms with Crippen molar-refractivity contribution in [3.05, 3.63) is 11.6 Å². The van der Waals surface area contributed by atoms with Gasteiger partial charge in [0.05, 0.1) is 24.4 Å². The number of hydrogen-bond acceptors (Lipinski definition) is 5. The molecule has 2 saturated heterocycles. The number of hydrogen-bond donors (Lipinski definition) is 0. The Morgan fingerprint density at radius 3 is 2.76 bits per heavy atom. The van der Waals surface area contributed by atoms with Crippen LogP contribution in [-0.4, -0.2) is 50.2 Å². The molecule has 5 heteroatoms. The van der Waals surface area contributed by atoms with Crippen LogP contribution in [0.4, 0.5) is 0 Å². The van der Waals surface area contributed by atoms with E-state index in [2.05, 4.69) is 19.9 Å². The summed E-state index contributed by atoms with van der Waals surface area (Å²) in [6, 6.07) is 0. The maximum Gasteiger partial charge on any atom is 0.293 e. The number of rotatable bonds is 6. The molecule has 6 atom stereocenters. The van der Waals surface area contributed by atoms with Crippen LogP contribution in [0.25, 0.3) is 0 Å². The number of epoxide rings is 2. The molecular formula is C16H24O5. The van der Waals surface area contributed by atoms with Crippen molar-refractivity contribution in [2.24, 2.45) is 5.92 Å². The summed E-state index contributed by atoms with van der Waals surface area (Å²) in [5, 5.41) is 0. The maximum absolute atomic E-state index is 10.7. The summed E-state index contributed by atoms with van der Waals surface area (Å²) in [7, 11) is 1.67. The molecule has 5 unspecified atom stereocenters. The van der Waals surface area contributed by atoms with E-state index < -0.39 is 0 Å². The summed E-state index contributed by atoms with van der Waals surface area (Å²) in [6.07, 6.45) is 4.87. The molecule has 118 valence electrons. The van der Waals surface area contributed by atoms with Gasteiger partial charge >= 0.3 is 0 Å². The van der Waals surface area contributed by atoms with Crippen molar-refractivity contribution < 1.29 is 23.7 Å². The third-order valence-electron chi connectivity index (χ3n) is 4.93. The van der Waals surface area contributed by atoms with Crippen molar-refractivity contribution in [2.75, 3.05) is 13.7 Å². The van der Waals surface area contributed by atoms with E-state index in [0.29, 0.717) is 6.47 Å². The lowest BCUT2D eigenvalue weighted by molar-refractivity contribution is -0.154. The lowest BCUT2D eigenvalue weighted by Crippen LogP contribution is -2.52. The van der Waals surface area contributed by atoms with Gasteiger partial charge in [0.2, 0.25) is 0 Å². The Bertz CT molecular complexity index is 424. The van der Waals surface area contributed by atoms with Gasteiger partial charge in [-0.1, -0.05) is 11.6 Å². The quantitative estimate of drug-likeness (QED) is 0.425. The van der Waals surface area contributed by atoms with Crippen molar-refractivity contribution in [1.82, 2.24) is 0 Å². The van der Waals surface area contributed by atoms with Gasteiger partial charge in [0.25, 0.3) is 6.47 Å². The fraction of sp³-hybridized carbons (Fsp3) is 0.812. The van der Waals surface area contributed by atoms with E-state index in [9.17, 15) is 4.79 Å². The summed E-state index contributed by atoms with van der Waals surface area (Å²) in [5.41, 5.74) is 1.18. The largest absolute Gasteiger partial charge is 0.462 e. The van der Waals surface area contributed by atoms with Crippen molar-refractivity contribution in [2.45, 2.75) is 63.1 Å². The van der Waals surface area contributed by atoms with Crippen LogP contribution in [-0.2, 0) is 23.7 Å². The summed E-state index contributed by atoms with van der Waals surface area (Å²) in [6.45, 7) is 5.47. The third-order valence-corrected chi connectivity index (χ3v) is 4.93. The number of carbonyl (C=O) groups is 1. The molecule has 0 aromatic heterocycles. The Labute approximate surface area is 125 Å². The molecular weight excluding hydrogens is 272 g/mol. The van der Waals surface area contributed by atoms with E-state index >= 15 is 0 Å². The molecule has 0 bridgehead atoms. The van der Waals surface area contributed by atoms with Crippen molar-refractivity contribution in [3.8, 4) is 0 Å². The van der Waals surface area contributed by atoms with Gasteiger partial charge in [0.1, 0.15) is 12.2 Å². The zero-order valence-corrected chi connectivity index (χ0v) is 12.9. The average molecular weight is 296 g/mol. The highest BCUT2D eigenvalue weighted by Crippen LogP contribution is 2.54. The van der Waals surface area contributed by atoms with E-state index in [1.807, 2.05) is 0 Å². The highest BCUT2D eigenvalue weighted by Gasteiger charge is 2.66. The predicted molar refractivity (Wildman–Crippen MR) is 75.9 cm³/mol. The SMILES string of the molecule is COC1C(OC=O)CCC2(CO2)C1C1O[C@@H]1CC=C(C)C. The van der Waals surface area contributed by atoms with Crippen molar-refractivity contribution in [3.63, 3.8) is 0 Å². The average Bonchev–Trinajstić information content (AvgIpc) is 3.36. The molecule has 1 saturated carbocycles. The first kappa shape index (κ1) is 15.0. The fourth-order valence-corrected chi connectivity index (χ4v) is 3.69. The topological polar surface area (TPSA) is 60.6 Å². The van der Waals surface area contributed by atoms with E-state index in [4.69, 9.17) is 18.9 Å². The second-order valence-electron chi connectivity index (χ2n) is 6.55. The molecule has 3 aliphatic rings. The van der Waals surface area contributed by atoms with Gasteiger partial charge in [-0.05, 0) is 33.1 Å². The Morgan fingerprint density at radius 1 is 1.43 bits per heavy atom. The first-order valence-electron chi connectivity index (χ1n) is 7.66. The minimum absolute atomic E-state index is 0.117. The third kappa shape index (κ3) is 2.87. The molecule has 3 rings (SSSR count). The van der Waals surface area contributed by atoms with E-state index in [-0.39, 0.29) is 35.9 Å². The van der Waals surface area contributed by atoms with Gasteiger partial charge in [0, 0.05) is 13.0 Å². The lowest BCUT2D eigenvalue weighted by Gasteiger charge is -2.39. The second kappa shape index (κ2) is 5.71. The second-order valence-corrected chi connectivity index (χ2v) is 6.55. The van der Waals surface area contributed by atoms with Gasteiger partial charge in [-0.25, -0.2) is 0 Å². The van der Waals surface area contributed by atoms with Crippen LogP contribution in [0.2, 0.25) is 0 Å². The molecule has 2 aliphatic heterocycles. The highest BCUT2D eigenvalue weighted by molar-refractivity contribution is 5.38. The summed E-state index contributed by atoms with van der Waals surface area (Å²) < 4.78 is 22.5. The maximum atomic E-state index is 10.7. The van der Waals surface area contributed by atoms with Gasteiger partial charge < -0.3 is 18.9 Å². The van der Waals surface area contributed by atoms with Crippen LogP contribution in [0.3, 0.4) is 0 Å². The standard InChI is InChI=1S/C16H24O5/c1-10(2)4-5-12-15(21-12)13-14(18-3)11(19-9-17)6-7-16(13)8-20-16/h4,9,11-15H,5-8H2,1-3H3/t11?,12-,13?,14?,15?,16?/m1/s1. The Morgan fingerprint density at radius 2 is 2.19 bits per heavy atom. The van der Waals surface area contributed by atoms with Crippen molar-refractivity contribution in [1.29, 1.82) is 0 Å². The zero-order chi connectivity index (χ0) is 15.0. The molecule has 0 amide bonds. The number of methoxy groups -OCH3 is 1. The van der Waals surface area contributed by atoms with E-state index in [0.717, 1.165) is 25.9 Å². The van der Waals surface area contributed by atoms with Crippen LogP contribution in [0.15, 0.2) is 11.6 Å². The van der Waals surface area contributed by atoms with Gasteiger partial charge in [-0.3, -0.25) is 4.79 Å². The van der Waals surface area contributed by atoms with E-state index in [1.54, 1.807) is 7.11 Å². The van der Waals surface area contributed by atoms with Crippen LogP contribution >= 0.6 is 0 Å². The molecule has 0 radical (unpaired) electrons. The Balaban J connectivity index is 1.71. The van der Waals surface area contributed by atoms with E-state index in [1.165, 1.54) is 5.57 Å². The summed E-state index contributed by atoms with van der Waals surface area (Å²) >= 11 is 0. The first-order chi connectivity index (χ1) is 10.1. The molecule has 5 nitrogen and oxygen atoms in total. The summed E-state index contributed by atoms with van der Waals surface area (Å²) in [5.74, 6) is 0.150. The first-order valence-corrected chi connectivity index (χ1v) is 7.66. The Hall–Kier alpha value is -0.910. The molecule has 0 N–H and O–H groups in total. The van der Waals surface area contributed by atoms with Crippen LogP contribution < -0.4 is 0 Å². The number of ether oxygens (including phenoxy) is 4. The van der Waals surface area contributed by atoms with Crippen molar-refractivity contribution >= 4 is 6.47 Å². The smallest absolute Gasteiger partial charge is 0.293 e. The predicted octanol–water partition coefficient (Wildman–Crippen LogP) is 1.85. The van der Waals surface area contributed by atoms with Gasteiger partial charge in [0.15, 0.2) is 0 Å². The van der Waals surface area contributed by atoms with Crippen LogP contribution in [0.1, 0.15) is 33.1 Å². The summed E-state index contributed by atoms with van der Waals surface area (Å²) in [4.78, 5) is 10.7. The minimum atomic E-state index is -0.194. The van der Waals surface area contributed by atoms with Gasteiger partial charge in [-0.2, -0.15) is 0 Å². The fourth-order valence-electron chi connectivity index (χ4n) is 3.69. The Kier molecular flexibility index (Phi) is 4.08. The lowest BCUT2D eigenvalue weighted by atomic mass is 9.73. The van der Waals surface area contributed by atoms with Crippen LogP contribution in [0, 0.1) is 5.92 Å². The normalized spacial score (nSPS) is 44.2. The molecule has 21 heavy (non-hydrogen) atoms. The van der Waals surface area contributed by atoms with Gasteiger partial charge in [-0.15, -0.1) is 0 Å². The number of carbonyl (C=O) groups excluding carboxylic acids is 1. The molecule has 3 fully saturated rings. The molecule has 1 aliphatic carbocycles. The monoisotopic (exact) mass is 296 g/mol. The molecule has 0 aromatic carbocycles. The van der Waals surface area contributed by atoms with Crippen LogP contribution in [0.5, 0.6) is 0 Å². The molecule has 2 heterocycles.